The van der Waals surface area contributed by atoms with Crippen molar-refractivity contribution in [3.8, 4) is 0 Å². The average molecular weight is 206 g/mol. The van der Waals surface area contributed by atoms with Gasteiger partial charge in [-0.15, -0.1) is 0 Å². The highest BCUT2D eigenvalue weighted by molar-refractivity contribution is 5.97. The van der Waals surface area contributed by atoms with E-state index in [-0.39, 0.29) is 5.82 Å². The van der Waals surface area contributed by atoms with Crippen molar-refractivity contribution in [1.82, 2.24) is 10.2 Å². The van der Waals surface area contributed by atoms with Gasteiger partial charge in [-0.05, 0) is 6.92 Å². The summed E-state index contributed by atoms with van der Waals surface area (Å²) in [5.74, 6) is -1.47. The van der Waals surface area contributed by atoms with Crippen LogP contribution in [0.2, 0.25) is 0 Å². The van der Waals surface area contributed by atoms with Gasteiger partial charge in [-0.3, -0.25) is 9.89 Å². The van der Waals surface area contributed by atoms with Crippen molar-refractivity contribution in [3.63, 3.8) is 0 Å². The minimum atomic E-state index is -3.29. The number of H-pyrrole nitrogens is 1. The zero-order valence-corrected chi connectivity index (χ0v) is 7.14. The largest absolute Gasteiger partial charge is 0.355 e. The van der Waals surface area contributed by atoms with Gasteiger partial charge in [-0.25, -0.2) is 4.39 Å². The summed E-state index contributed by atoms with van der Waals surface area (Å²) in [5, 5.41) is 7.67. The summed E-state index contributed by atoms with van der Waals surface area (Å²) in [6, 6.07) is 1.31. The van der Waals surface area contributed by atoms with Crippen molar-refractivity contribution in [3.05, 3.63) is 18.7 Å². The van der Waals surface area contributed by atoms with Crippen molar-refractivity contribution in [2.24, 2.45) is 0 Å². The molecule has 2 N–H and O–H groups in total. The molecule has 0 aliphatic heterocycles. The van der Waals surface area contributed by atoms with Gasteiger partial charge in [0, 0.05) is 12.3 Å². The van der Waals surface area contributed by atoms with Gasteiger partial charge in [0.2, 0.25) is 0 Å². The molecule has 1 aromatic rings. The predicted molar refractivity (Wildman–Crippen MR) is 42.2 cm³/mol. The van der Waals surface area contributed by atoms with Gasteiger partial charge >= 0.3 is 6.43 Å². The van der Waals surface area contributed by atoms with Crippen molar-refractivity contribution in [2.45, 2.75) is 12.6 Å². The van der Waals surface area contributed by atoms with Crippen LogP contribution in [0.3, 0.4) is 0 Å². The molecule has 0 aromatic carbocycles. The summed E-state index contributed by atoms with van der Waals surface area (Å²) in [4.78, 5) is 10.9. The summed E-state index contributed by atoms with van der Waals surface area (Å²) in [6.07, 6.45) is -1.23. The minimum absolute atomic E-state index is 0.0138. The van der Waals surface area contributed by atoms with Gasteiger partial charge in [-0.2, -0.15) is 13.9 Å². The van der Waals surface area contributed by atoms with E-state index in [2.05, 4.69) is 10.2 Å². The average Bonchev–Trinajstić information content (AvgIpc) is 2.56. The molecule has 1 heterocycles. The van der Waals surface area contributed by atoms with Crippen LogP contribution in [0, 0.1) is 6.43 Å². The minimum Gasteiger partial charge on any atom is -0.306 e. The number of hydrogen-bond donors (Lipinski definition) is 2. The molecule has 7 heteroatoms. The quantitative estimate of drug-likeness (QED) is 0.787. The molecule has 1 radical (unpaired) electrons. The van der Waals surface area contributed by atoms with Crippen LogP contribution in [0.15, 0.2) is 12.3 Å². The number of rotatable bonds is 3. The molecule has 0 fully saturated rings. The number of carbonyl (C=O) groups is 1. The fourth-order valence-corrected chi connectivity index (χ4v) is 0.649. The van der Waals surface area contributed by atoms with E-state index >= 15 is 0 Å². The van der Waals surface area contributed by atoms with Crippen LogP contribution in [0.1, 0.15) is 6.92 Å². The molecule has 1 aromatic heterocycles. The number of nitrogens with zero attached hydrogens (tertiary/aromatic N) is 1. The van der Waals surface area contributed by atoms with Gasteiger partial charge in [0.1, 0.15) is 0 Å². The maximum Gasteiger partial charge on any atom is 0.355 e. The Bertz CT molecular complexity index is 310. The Labute approximate surface area is 77.5 Å². The Morgan fingerprint density at radius 3 is 2.71 bits per heavy atom. The lowest BCUT2D eigenvalue weighted by molar-refractivity contribution is -0.129. The van der Waals surface area contributed by atoms with Crippen molar-refractivity contribution in [2.75, 3.05) is 5.32 Å². The number of anilines is 1. The number of aromatic nitrogens is 2. The lowest BCUT2D eigenvalue weighted by Gasteiger charge is -2.15. The van der Waals surface area contributed by atoms with Gasteiger partial charge in [0.05, 0.1) is 0 Å². The maximum absolute atomic E-state index is 13.0. The summed E-state index contributed by atoms with van der Waals surface area (Å²) in [5.41, 5.74) is -3.29. The Morgan fingerprint density at radius 1 is 1.64 bits per heavy atom. The fraction of sp³-hybridized carbons (Fsp3) is 0.286. The molecule has 1 amide bonds. The van der Waals surface area contributed by atoms with Crippen molar-refractivity contribution >= 4 is 11.7 Å². The molecular weight excluding hydrogens is 199 g/mol. The van der Waals surface area contributed by atoms with Crippen LogP contribution in [0.4, 0.5) is 19.0 Å². The SMILES string of the molecule is CC(F)([C](F)F)C(=O)Nc1cc[nH]n1. The first kappa shape index (κ1) is 10.6. The molecule has 14 heavy (non-hydrogen) atoms. The molecule has 4 nitrogen and oxygen atoms in total. The molecule has 1 rings (SSSR count). The number of aromatic amines is 1. The second kappa shape index (κ2) is 3.69. The van der Waals surface area contributed by atoms with E-state index in [0.29, 0.717) is 6.92 Å². The molecule has 0 aliphatic rings. The third-order valence-corrected chi connectivity index (χ3v) is 1.52. The van der Waals surface area contributed by atoms with Crippen LogP contribution < -0.4 is 5.32 Å². The Balaban J connectivity index is 2.67. The molecule has 77 valence electrons. The summed E-state index contributed by atoms with van der Waals surface area (Å²) in [6.45, 7) is 0.477. The molecule has 1 unspecified atom stereocenters. The number of amides is 1. The van der Waals surface area contributed by atoms with Crippen molar-refractivity contribution in [1.29, 1.82) is 0 Å². The van der Waals surface area contributed by atoms with Gasteiger partial charge in [-0.1, -0.05) is 0 Å². The molecule has 0 saturated carbocycles. The molecular formula is C7H7F3N3O. The molecule has 1 atom stereocenters. The van der Waals surface area contributed by atoms with Crippen LogP contribution in [-0.4, -0.2) is 21.8 Å². The highest BCUT2D eigenvalue weighted by atomic mass is 19.3. The van der Waals surface area contributed by atoms with Crippen LogP contribution in [-0.2, 0) is 4.79 Å². The van der Waals surface area contributed by atoms with Gasteiger partial charge in [0.25, 0.3) is 11.6 Å². The Kier molecular flexibility index (Phi) is 2.78. The Morgan fingerprint density at radius 2 is 2.29 bits per heavy atom. The first-order chi connectivity index (χ1) is 6.44. The highest BCUT2D eigenvalue weighted by Gasteiger charge is 2.45. The van der Waals surface area contributed by atoms with E-state index < -0.39 is 18.0 Å². The fourth-order valence-electron chi connectivity index (χ4n) is 0.649. The zero-order chi connectivity index (χ0) is 10.8. The number of alkyl halides is 1. The number of carbonyl (C=O) groups excluding carboxylic acids is 1. The van der Waals surface area contributed by atoms with E-state index in [0.717, 1.165) is 0 Å². The normalized spacial score (nSPS) is 15.2. The number of halogens is 3. The van der Waals surface area contributed by atoms with E-state index in [9.17, 15) is 18.0 Å². The first-order valence-electron chi connectivity index (χ1n) is 3.63. The Hall–Kier alpha value is -1.53. The monoisotopic (exact) mass is 206 g/mol. The van der Waals surface area contributed by atoms with Crippen LogP contribution >= 0.6 is 0 Å². The second-order valence-corrected chi connectivity index (χ2v) is 2.68. The second-order valence-electron chi connectivity index (χ2n) is 2.68. The lowest BCUT2D eigenvalue weighted by atomic mass is 10.1. The molecule has 0 bridgehead atoms. The van der Waals surface area contributed by atoms with E-state index in [4.69, 9.17) is 0 Å². The third kappa shape index (κ3) is 2.04. The van der Waals surface area contributed by atoms with Crippen LogP contribution in [0.5, 0.6) is 0 Å². The number of nitrogens with one attached hydrogen (secondary N) is 2. The predicted octanol–water partition coefficient (Wildman–Crippen LogP) is 1.50. The number of hydrogen-bond acceptors (Lipinski definition) is 2. The van der Waals surface area contributed by atoms with E-state index in [1.807, 2.05) is 5.32 Å². The van der Waals surface area contributed by atoms with Crippen LogP contribution in [0.25, 0.3) is 0 Å². The smallest absolute Gasteiger partial charge is 0.306 e. The lowest BCUT2D eigenvalue weighted by Crippen LogP contribution is -2.38. The molecule has 0 saturated heterocycles. The summed E-state index contributed by atoms with van der Waals surface area (Å²) >= 11 is 0. The van der Waals surface area contributed by atoms with E-state index in [1.165, 1.54) is 12.3 Å². The van der Waals surface area contributed by atoms with Gasteiger partial charge < -0.3 is 5.32 Å². The molecule has 0 spiro atoms. The van der Waals surface area contributed by atoms with E-state index in [1.54, 1.807) is 0 Å². The third-order valence-electron chi connectivity index (χ3n) is 1.52. The van der Waals surface area contributed by atoms with Gasteiger partial charge in [0.15, 0.2) is 5.82 Å². The highest BCUT2D eigenvalue weighted by Crippen LogP contribution is 2.27. The molecule has 0 aliphatic carbocycles. The zero-order valence-electron chi connectivity index (χ0n) is 7.14. The standard InChI is InChI=1S/C7H7F3N3O/c1-7(10,5(8)9)6(14)12-4-2-3-11-13-4/h2-3H,1H3,(H2,11,12,13,14). The summed E-state index contributed by atoms with van der Waals surface area (Å²) < 4.78 is 36.8. The maximum atomic E-state index is 13.0. The first-order valence-corrected chi connectivity index (χ1v) is 3.63. The topological polar surface area (TPSA) is 57.8 Å². The summed E-state index contributed by atoms with van der Waals surface area (Å²) in [7, 11) is 0. The van der Waals surface area contributed by atoms with Crippen molar-refractivity contribution < 1.29 is 18.0 Å².